The van der Waals surface area contributed by atoms with Crippen LogP contribution in [-0.4, -0.2) is 17.3 Å². The number of nitrogens with zero attached hydrogens (tertiary/aromatic N) is 1. The van der Waals surface area contributed by atoms with E-state index in [0.717, 1.165) is 4.90 Å². The van der Waals surface area contributed by atoms with Crippen LogP contribution in [-0.2, 0) is 0 Å². The van der Waals surface area contributed by atoms with Crippen LogP contribution in [0.25, 0.3) is 0 Å². The predicted octanol–water partition coefficient (Wildman–Crippen LogP) is 0.923. The van der Waals surface area contributed by atoms with Gasteiger partial charge in [0.05, 0.1) is 0 Å². The van der Waals surface area contributed by atoms with Crippen molar-refractivity contribution in [2.45, 2.75) is 4.90 Å². The minimum atomic E-state index is -0.599. The van der Waals surface area contributed by atoms with E-state index in [2.05, 4.69) is 5.43 Å². The first-order valence-electron chi connectivity index (χ1n) is 4.27. The Labute approximate surface area is 91.1 Å². The van der Waals surface area contributed by atoms with Gasteiger partial charge in [-0.3, -0.25) is 0 Å². The van der Waals surface area contributed by atoms with E-state index in [1.165, 1.54) is 11.8 Å². The molecule has 1 rings (SSSR count). The van der Waals surface area contributed by atoms with Gasteiger partial charge in [0.25, 0.3) is 0 Å². The summed E-state index contributed by atoms with van der Waals surface area (Å²) in [5.74, 6) is 0.690. The molecule has 0 aromatic heterocycles. The molecule has 15 heavy (non-hydrogen) atoms. The molecule has 0 aliphatic carbocycles. The molecule has 7 heteroatoms. The second kappa shape index (κ2) is 5.42. The summed E-state index contributed by atoms with van der Waals surface area (Å²) in [6.07, 6.45) is 0. The van der Waals surface area contributed by atoms with Crippen molar-refractivity contribution in [3.63, 3.8) is 0 Å². The first-order valence-corrected chi connectivity index (χ1v) is 5.25. The van der Waals surface area contributed by atoms with Crippen molar-refractivity contribution in [2.24, 2.45) is 5.73 Å². The number of nitrogens with two attached hydrogens (primary N) is 2. The Bertz CT molecular complexity index is 358. The second-order valence-electron chi connectivity index (χ2n) is 2.76. The normalized spacial score (nSPS) is 9.93. The zero-order chi connectivity index (χ0) is 11.3. The lowest BCUT2D eigenvalue weighted by Gasteiger charge is -2.06. The van der Waals surface area contributed by atoms with Gasteiger partial charge in [-0.1, -0.05) is 0 Å². The number of hydrazine groups is 1. The Morgan fingerprint density at radius 3 is 2.87 bits per heavy atom. The standard InChI is InChI=1S/C8H12N4O2S/c9-3-4-15-8-5-6(10)1-2-7(8)11-12(13)14/h1-2,5,11H,3-4,9-10H2. The molecule has 0 atom stereocenters. The van der Waals surface area contributed by atoms with Crippen LogP contribution in [0.2, 0.25) is 0 Å². The molecule has 0 saturated heterocycles. The Hall–Kier alpha value is -1.47. The van der Waals surface area contributed by atoms with Gasteiger partial charge >= 0.3 is 0 Å². The highest BCUT2D eigenvalue weighted by molar-refractivity contribution is 7.99. The fourth-order valence-corrected chi connectivity index (χ4v) is 1.84. The molecule has 1 aromatic rings. The van der Waals surface area contributed by atoms with E-state index < -0.39 is 5.03 Å². The number of nitro groups is 1. The number of rotatable bonds is 5. The lowest BCUT2D eigenvalue weighted by atomic mass is 10.3. The topological polar surface area (TPSA) is 107 Å². The Kier molecular flexibility index (Phi) is 4.19. The molecule has 0 aliphatic rings. The van der Waals surface area contributed by atoms with Crippen LogP contribution in [0.5, 0.6) is 0 Å². The first kappa shape index (κ1) is 11.6. The summed E-state index contributed by atoms with van der Waals surface area (Å²) in [5.41, 5.74) is 14.1. The lowest BCUT2D eigenvalue weighted by molar-refractivity contribution is -0.445. The van der Waals surface area contributed by atoms with Crippen LogP contribution in [0.1, 0.15) is 0 Å². The van der Waals surface area contributed by atoms with Crippen LogP contribution in [0, 0.1) is 10.1 Å². The molecule has 0 aliphatic heterocycles. The number of nitrogens with one attached hydrogen (secondary N) is 1. The van der Waals surface area contributed by atoms with Crippen LogP contribution >= 0.6 is 11.8 Å². The molecule has 5 N–H and O–H groups in total. The molecule has 0 fully saturated rings. The quantitative estimate of drug-likeness (QED) is 0.299. The third kappa shape index (κ3) is 3.64. The molecule has 0 bridgehead atoms. The van der Waals surface area contributed by atoms with Crippen molar-refractivity contribution < 1.29 is 5.03 Å². The van der Waals surface area contributed by atoms with Crippen molar-refractivity contribution in [3.8, 4) is 0 Å². The van der Waals surface area contributed by atoms with Gasteiger partial charge in [0.15, 0.2) is 5.03 Å². The van der Waals surface area contributed by atoms with Crippen molar-refractivity contribution >= 4 is 23.1 Å². The largest absolute Gasteiger partial charge is 0.399 e. The summed E-state index contributed by atoms with van der Waals surface area (Å²) in [5, 5.41) is 9.71. The van der Waals surface area contributed by atoms with Gasteiger partial charge in [-0.05, 0) is 18.2 Å². The number of benzene rings is 1. The highest BCUT2D eigenvalue weighted by Crippen LogP contribution is 2.28. The van der Waals surface area contributed by atoms with Crippen LogP contribution < -0.4 is 16.9 Å². The zero-order valence-electron chi connectivity index (χ0n) is 7.97. The summed E-state index contributed by atoms with van der Waals surface area (Å²) < 4.78 is 0. The third-order valence-electron chi connectivity index (χ3n) is 1.59. The van der Waals surface area contributed by atoms with Crippen LogP contribution in [0.4, 0.5) is 11.4 Å². The van der Waals surface area contributed by atoms with Crippen LogP contribution in [0.3, 0.4) is 0 Å². The number of nitrogen functional groups attached to an aromatic ring is 1. The minimum Gasteiger partial charge on any atom is -0.399 e. The van der Waals surface area contributed by atoms with E-state index in [4.69, 9.17) is 11.5 Å². The second-order valence-corrected chi connectivity index (χ2v) is 3.90. The van der Waals surface area contributed by atoms with E-state index in [0.29, 0.717) is 23.7 Å². The molecule has 0 unspecified atom stereocenters. The number of anilines is 2. The van der Waals surface area contributed by atoms with Crippen molar-refractivity contribution in [3.05, 3.63) is 28.3 Å². The summed E-state index contributed by atoms with van der Waals surface area (Å²) >= 11 is 1.43. The summed E-state index contributed by atoms with van der Waals surface area (Å²) in [6, 6.07) is 4.88. The monoisotopic (exact) mass is 228 g/mol. The van der Waals surface area contributed by atoms with E-state index in [-0.39, 0.29) is 0 Å². The molecule has 0 saturated carbocycles. The molecule has 0 heterocycles. The number of thioether (sulfide) groups is 1. The third-order valence-corrected chi connectivity index (χ3v) is 2.68. The Balaban J connectivity index is 2.87. The molecule has 1 aromatic carbocycles. The van der Waals surface area contributed by atoms with Crippen molar-refractivity contribution in [1.29, 1.82) is 0 Å². The van der Waals surface area contributed by atoms with Gasteiger partial charge < -0.3 is 11.5 Å². The fourth-order valence-electron chi connectivity index (χ4n) is 1.02. The SMILES string of the molecule is NCCSc1cc(N)ccc1N[N+](=O)[O-]. The highest BCUT2D eigenvalue weighted by atomic mass is 32.2. The molecule has 82 valence electrons. The fraction of sp³-hybridized carbons (Fsp3) is 0.250. The van der Waals surface area contributed by atoms with Gasteiger partial charge in [0.1, 0.15) is 5.69 Å². The first-order chi connectivity index (χ1) is 7.13. The molecular weight excluding hydrogens is 216 g/mol. The van der Waals surface area contributed by atoms with E-state index in [1.807, 2.05) is 0 Å². The Morgan fingerprint density at radius 1 is 1.53 bits per heavy atom. The number of hydrogen-bond acceptors (Lipinski definition) is 5. The summed E-state index contributed by atoms with van der Waals surface area (Å²) in [7, 11) is 0. The molecule has 0 spiro atoms. The van der Waals surface area contributed by atoms with Gasteiger partial charge in [-0.25, -0.2) is 10.1 Å². The van der Waals surface area contributed by atoms with Gasteiger partial charge in [0, 0.05) is 22.9 Å². The van der Waals surface area contributed by atoms with Gasteiger partial charge in [-0.15, -0.1) is 17.2 Å². The minimum absolute atomic E-state index is 0.438. The van der Waals surface area contributed by atoms with E-state index in [9.17, 15) is 10.1 Å². The molecular formula is C8H12N4O2S. The molecule has 0 radical (unpaired) electrons. The lowest BCUT2D eigenvalue weighted by Crippen LogP contribution is -2.09. The average molecular weight is 228 g/mol. The maximum atomic E-state index is 10.3. The maximum Gasteiger partial charge on any atom is 0.162 e. The summed E-state index contributed by atoms with van der Waals surface area (Å²) in [6.45, 7) is 0.511. The van der Waals surface area contributed by atoms with Gasteiger partial charge in [-0.2, -0.15) is 0 Å². The van der Waals surface area contributed by atoms with E-state index >= 15 is 0 Å². The zero-order valence-corrected chi connectivity index (χ0v) is 8.79. The van der Waals surface area contributed by atoms with Crippen molar-refractivity contribution in [1.82, 2.24) is 0 Å². The molecule has 6 nitrogen and oxygen atoms in total. The van der Waals surface area contributed by atoms with Crippen LogP contribution in [0.15, 0.2) is 23.1 Å². The Morgan fingerprint density at radius 2 is 2.27 bits per heavy atom. The average Bonchev–Trinajstić information content (AvgIpc) is 2.18. The summed E-state index contributed by atoms with van der Waals surface area (Å²) in [4.78, 5) is 11.0. The van der Waals surface area contributed by atoms with Crippen molar-refractivity contribution in [2.75, 3.05) is 23.5 Å². The maximum absolute atomic E-state index is 10.3. The molecule has 0 amide bonds. The highest BCUT2D eigenvalue weighted by Gasteiger charge is 2.07. The van der Waals surface area contributed by atoms with Gasteiger partial charge in [0.2, 0.25) is 0 Å². The predicted molar refractivity (Wildman–Crippen MR) is 61.2 cm³/mol. The van der Waals surface area contributed by atoms with E-state index in [1.54, 1.807) is 18.2 Å². The number of hydrogen-bond donors (Lipinski definition) is 3. The smallest absolute Gasteiger partial charge is 0.162 e.